The number of aryl methyl sites for hydroxylation is 1. The van der Waals surface area contributed by atoms with Gasteiger partial charge in [0.1, 0.15) is 0 Å². The van der Waals surface area contributed by atoms with Crippen LogP contribution in [-0.4, -0.2) is 11.2 Å². The summed E-state index contributed by atoms with van der Waals surface area (Å²) >= 11 is 0. The molecule has 0 spiro atoms. The number of rotatable bonds is 3. The molecule has 0 aliphatic heterocycles. The summed E-state index contributed by atoms with van der Waals surface area (Å²) in [6.45, 7) is 4.07. The van der Waals surface area contributed by atoms with E-state index in [-0.39, 0.29) is 6.10 Å². The first-order valence-electron chi connectivity index (χ1n) is 5.49. The minimum absolute atomic E-state index is 0.147. The van der Waals surface area contributed by atoms with E-state index < -0.39 is 0 Å². The van der Waals surface area contributed by atoms with Crippen LogP contribution in [0.3, 0.4) is 0 Å². The fraction of sp³-hybridized carbons (Fsp3) is 0.538. The zero-order valence-corrected chi connectivity index (χ0v) is 8.90. The van der Waals surface area contributed by atoms with Crippen molar-refractivity contribution in [3.63, 3.8) is 0 Å². The van der Waals surface area contributed by atoms with Crippen LogP contribution in [0.25, 0.3) is 0 Å². The highest BCUT2D eigenvalue weighted by molar-refractivity contribution is 5.29. The van der Waals surface area contributed by atoms with Gasteiger partial charge in [-0.15, -0.1) is 0 Å². The third-order valence-corrected chi connectivity index (χ3v) is 3.28. The molecule has 0 unspecified atom stereocenters. The average molecular weight is 190 g/mol. The van der Waals surface area contributed by atoms with Crippen molar-refractivity contribution in [2.75, 3.05) is 0 Å². The predicted molar refractivity (Wildman–Crippen MR) is 58.3 cm³/mol. The molecule has 1 aliphatic rings. The summed E-state index contributed by atoms with van der Waals surface area (Å²) in [4.78, 5) is 0. The van der Waals surface area contributed by atoms with Crippen LogP contribution >= 0.6 is 0 Å². The SMILES string of the molecule is CCc1ccc([C@H]2C[C@@H]2[C@@H](C)O)cc1. The number of hydrogen-bond acceptors (Lipinski definition) is 1. The summed E-state index contributed by atoms with van der Waals surface area (Å²) in [6.07, 6.45) is 2.11. The minimum atomic E-state index is -0.147. The van der Waals surface area contributed by atoms with Gasteiger partial charge in [-0.3, -0.25) is 0 Å². The van der Waals surface area contributed by atoms with Crippen molar-refractivity contribution < 1.29 is 5.11 Å². The lowest BCUT2D eigenvalue weighted by molar-refractivity contribution is 0.169. The van der Waals surface area contributed by atoms with Crippen LogP contribution in [0, 0.1) is 5.92 Å². The van der Waals surface area contributed by atoms with Crippen molar-refractivity contribution in [1.82, 2.24) is 0 Å². The smallest absolute Gasteiger partial charge is 0.0546 e. The predicted octanol–water partition coefficient (Wildman–Crippen LogP) is 2.73. The van der Waals surface area contributed by atoms with Gasteiger partial charge in [-0.05, 0) is 42.7 Å². The molecular weight excluding hydrogens is 172 g/mol. The normalized spacial score (nSPS) is 27.4. The van der Waals surface area contributed by atoms with Crippen LogP contribution in [0.2, 0.25) is 0 Å². The Labute approximate surface area is 85.8 Å². The Bertz CT molecular complexity index is 300. The van der Waals surface area contributed by atoms with Crippen molar-refractivity contribution >= 4 is 0 Å². The molecule has 1 N–H and O–H groups in total. The van der Waals surface area contributed by atoms with Crippen LogP contribution in [0.1, 0.15) is 37.3 Å². The van der Waals surface area contributed by atoms with E-state index in [1.807, 2.05) is 6.92 Å². The van der Waals surface area contributed by atoms with Gasteiger partial charge in [-0.2, -0.15) is 0 Å². The van der Waals surface area contributed by atoms with E-state index in [4.69, 9.17) is 0 Å². The van der Waals surface area contributed by atoms with Gasteiger partial charge in [0.15, 0.2) is 0 Å². The molecule has 2 rings (SSSR count). The van der Waals surface area contributed by atoms with Gasteiger partial charge in [0.2, 0.25) is 0 Å². The van der Waals surface area contributed by atoms with Crippen LogP contribution < -0.4 is 0 Å². The van der Waals surface area contributed by atoms with E-state index in [2.05, 4.69) is 31.2 Å². The number of aliphatic hydroxyl groups excluding tert-OH is 1. The van der Waals surface area contributed by atoms with Crippen LogP contribution in [0.5, 0.6) is 0 Å². The Balaban J connectivity index is 2.05. The van der Waals surface area contributed by atoms with Gasteiger partial charge in [0.05, 0.1) is 6.10 Å². The Morgan fingerprint density at radius 3 is 2.43 bits per heavy atom. The average Bonchev–Trinajstić information content (AvgIpc) is 2.97. The second-order valence-corrected chi connectivity index (χ2v) is 4.34. The Kier molecular flexibility index (Phi) is 2.60. The highest BCUT2D eigenvalue weighted by atomic mass is 16.3. The Morgan fingerprint density at radius 2 is 2.00 bits per heavy atom. The molecule has 0 aromatic heterocycles. The van der Waals surface area contributed by atoms with Crippen molar-refractivity contribution in [2.45, 2.75) is 38.7 Å². The topological polar surface area (TPSA) is 20.2 Å². The lowest BCUT2D eigenvalue weighted by Gasteiger charge is -2.04. The lowest BCUT2D eigenvalue weighted by atomic mass is 10.0. The molecule has 1 heteroatoms. The fourth-order valence-electron chi connectivity index (χ4n) is 2.13. The summed E-state index contributed by atoms with van der Waals surface area (Å²) in [5.74, 6) is 1.11. The van der Waals surface area contributed by atoms with Crippen LogP contribution in [0.15, 0.2) is 24.3 Å². The van der Waals surface area contributed by atoms with Crippen molar-refractivity contribution in [3.05, 3.63) is 35.4 Å². The molecule has 1 saturated carbocycles. The summed E-state index contributed by atoms with van der Waals surface area (Å²) < 4.78 is 0. The molecule has 3 atom stereocenters. The van der Waals surface area contributed by atoms with Crippen LogP contribution in [-0.2, 0) is 6.42 Å². The zero-order valence-electron chi connectivity index (χ0n) is 8.90. The van der Waals surface area contributed by atoms with E-state index in [0.717, 1.165) is 12.8 Å². The van der Waals surface area contributed by atoms with Crippen molar-refractivity contribution in [2.24, 2.45) is 5.92 Å². The highest BCUT2D eigenvalue weighted by Gasteiger charge is 2.41. The molecule has 1 aromatic carbocycles. The van der Waals surface area contributed by atoms with E-state index >= 15 is 0 Å². The second-order valence-electron chi connectivity index (χ2n) is 4.34. The first-order chi connectivity index (χ1) is 6.72. The van der Waals surface area contributed by atoms with E-state index in [9.17, 15) is 5.11 Å². The maximum Gasteiger partial charge on any atom is 0.0546 e. The molecule has 14 heavy (non-hydrogen) atoms. The lowest BCUT2D eigenvalue weighted by Crippen LogP contribution is -2.03. The largest absolute Gasteiger partial charge is 0.393 e. The first-order valence-corrected chi connectivity index (χ1v) is 5.49. The van der Waals surface area contributed by atoms with Gasteiger partial charge in [-0.1, -0.05) is 31.2 Å². The minimum Gasteiger partial charge on any atom is -0.393 e. The number of aliphatic hydroxyl groups is 1. The van der Waals surface area contributed by atoms with Gasteiger partial charge in [-0.25, -0.2) is 0 Å². The fourth-order valence-corrected chi connectivity index (χ4v) is 2.13. The molecule has 1 fully saturated rings. The third kappa shape index (κ3) is 1.83. The monoisotopic (exact) mass is 190 g/mol. The molecule has 0 bridgehead atoms. The first kappa shape index (κ1) is 9.72. The summed E-state index contributed by atoms with van der Waals surface area (Å²) in [5, 5.41) is 9.42. The molecule has 1 aromatic rings. The van der Waals surface area contributed by atoms with Gasteiger partial charge >= 0.3 is 0 Å². The zero-order chi connectivity index (χ0) is 10.1. The van der Waals surface area contributed by atoms with Gasteiger partial charge in [0.25, 0.3) is 0 Å². The van der Waals surface area contributed by atoms with E-state index in [0.29, 0.717) is 11.8 Å². The number of benzene rings is 1. The molecule has 1 nitrogen and oxygen atoms in total. The third-order valence-electron chi connectivity index (χ3n) is 3.28. The van der Waals surface area contributed by atoms with Crippen molar-refractivity contribution in [1.29, 1.82) is 0 Å². The number of hydrogen-bond donors (Lipinski definition) is 1. The quantitative estimate of drug-likeness (QED) is 0.777. The standard InChI is InChI=1S/C13H18O/c1-3-10-4-6-11(7-5-10)13-8-12(13)9(2)14/h4-7,9,12-14H,3,8H2,1-2H3/t9-,12-,13-/m1/s1. The molecular formula is C13H18O. The Morgan fingerprint density at radius 1 is 1.36 bits per heavy atom. The van der Waals surface area contributed by atoms with Crippen molar-refractivity contribution in [3.8, 4) is 0 Å². The maximum atomic E-state index is 9.42. The molecule has 0 saturated heterocycles. The van der Waals surface area contributed by atoms with Gasteiger partial charge in [0, 0.05) is 0 Å². The summed E-state index contributed by atoms with van der Waals surface area (Å²) in [6, 6.07) is 8.83. The summed E-state index contributed by atoms with van der Waals surface area (Å²) in [5.41, 5.74) is 2.79. The molecule has 1 aliphatic carbocycles. The molecule has 0 amide bonds. The van der Waals surface area contributed by atoms with Gasteiger partial charge < -0.3 is 5.11 Å². The van der Waals surface area contributed by atoms with Crippen LogP contribution in [0.4, 0.5) is 0 Å². The molecule has 0 radical (unpaired) electrons. The van der Waals surface area contributed by atoms with E-state index in [1.165, 1.54) is 11.1 Å². The second kappa shape index (κ2) is 3.74. The molecule has 0 heterocycles. The maximum absolute atomic E-state index is 9.42. The summed E-state index contributed by atoms with van der Waals surface area (Å²) in [7, 11) is 0. The van der Waals surface area contributed by atoms with E-state index in [1.54, 1.807) is 0 Å². The Hall–Kier alpha value is -0.820. The molecule has 76 valence electrons. The highest BCUT2D eigenvalue weighted by Crippen LogP contribution is 2.49.